The van der Waals surface area contributed by atoms with Gasteiger partial charge >= 0.3 is 6.18 Å². The van der Waals surface area contributed by atoms with E-state index in [-0.39, 0.29) is 11.3 Å². The number of anilines is 1. The fourth-order valence-electron chi connectivity index (χ4n) is 3.17. The Morgan fingerprint density at radius 3 is 2.39 bits per heavy atom. The highest BCUT2D eigenvalue weighted by molar-refractivity contribution is 7.90. The maximum Gasteiger partial charge on any atom is 0.451 e. The molecule has 0 N–H and O–H groups in total. The van der Waals surface area contributed by atoms with Crippen molar-refractivity contribution in [2.45, 2.75) is 17.7 Å². The van der Waals surface area contributed by atoms with E-state index >= 15 is 0 Å². The third-order valence-corrected chi connectivity index (χ3v) is 5.72. The molecule has 1 amide bonds. The van der Waals surface area contributed by atoms with Gasteiger partial charge in [0.15, 0.2) is 14.9 Å². The number of nitrogens with zero attached hydrogens (tertiary/aromatic N) is 5. The lowest BCUT2D eigenvalue weighted by Gasteiger charge is -2.24. The minimum absolute atomic E-state index is 0.130. The molecule has 2 heterocycles. The lowest BCUT2D eigenvalue weighted by Crippen LogP contribution is -2.32. The lowest BCUT2D eigenvalue weighted by molar-refractivity contribution is -0.385. The number of nitro groups is 1. The molecule has 0 unspecified atom stereocenters. The smallest absolute Gasteiger partial charge is 0.301 e. The molecule has 1 aromatic carbocycles. The van der Waals surface area contributed by atoms with Crippen LogP contribution in [0.15, 0.2) is 54.5 Å². The number of amides is 1. The van der Waals surface area contributed by atoms with Crippen molar-refractivity contribution in [1.29, 1.82) is 0 Å². The first kappa shape index (κ1) is 26.3. The van der Waals surface area contributed by atoms with Crippen LogP contribution >= 0.6 is 0 Å². The van der Waals surface area contributed by atoms with Crippen molar-refractivity contribution in [3.05, 3.63) is 87.9 Å². The van der Waals surface area contributed by atoms with Crippen molar-refractivity contribution < 1.29 is 35.7 Å². The molecule has 0 radical (unpaired) electrons. The number of carbonyl (C=O) groups is 1. The Labute approximate surface area is 201 Å². The molecule has 0 atom stereocenters. The predicted molar refractivity (Wildman–Crippen MR) is 118 cm³/mol. The van der Waals surface area contributed by atoms with Crippen molar-refractivity contribution >= 4 is 33.2 Å². The van der Waals surface area contributed by atoms with Crippen LogP contribution in [0.25, 0.3) is 6.08 Å². The van der Waals surface area contributed by atoms with Gasteiger partial charge in [-0.25, -0.2) is 27.8 Å². The summed E-state index contributed by atoms with van der Waals surface area (Å²) in [6.07, 6.45) is -0.823. The molecular formula is C21H15F4N5O5S. The molecule has 3 aromatic rings. The summed E-state index contributed by atoms with van der Waals surface area (Å²) in [7, 11) is -4.03. The Kier molecular flexibility index (Phi) is 7.15. The molecule has 0 spiro atoms. The highest BCUT2D eigenvalue weighted by Gasteiger charge is 2.35. The first-order valence-electron chi connectivity index (χ1n) is 9.69. The van der Waals surface area contributed by atoms with Crippen molar-refractivity contribution in [2.75, 3.05) is 11.2 Å². The highest BCUT2D eigenvalue weighted by atomic mass is 32.2. The molecule has 0 saturated heterocycles. The summed E-state index contributed by atoms with van der Waals surface area (Å²) < 4.78 is 77.6. The van der Waals surface area contributed by atoms with E-state index in [2.05, 4.69) is 21.5 Å². The van der Waals surface area contributed by atoms with E-state index in [1.165, 1.54) is 12.1 Å². The molecule has 36 heavy (non-hydrogen) atoms. The molecule has 188 valence electrons. The van der Waals surface area contributed by atoms with Gasteiger partial charge < -0.3 is 4.90 Å². The number of benzene rings is 1. The van der Waals surface area contributed by atoms with Crippen LogP contribution in [0.4, 0.5) is 28.9 Å². The average molecular weight is 525 g/mol. The zero-order valence-electron chi connectivity index (χ0n) is 18.2. The number of halogens is 4. The van der Waals surface area contributed by atoms with Gasteiger partial charge in [0.1, 0.15) is 5.82 Å². The van der Waals surface area contributed by atoms with Gasteiger partial charge in [-0.05, 0) is 23.8 Å². The summed E-state index contributed by atoms with van der Waals surface area (Å²) in [6, 6.07) is 4.32. The predicted octanol–water partition coefficient (Wildman–Crippen LogP) is 3.83. The van der Waals surface area contributed by atoms with Crippen LogP contribution in [0.3, 0.4) is 0 Å². The van der Waals surface area contributed by atoms with Crippen LogP contribution in [0, 0.1) is 15.9 Å². The van der Waals surface area contributed by atoms with Gasteiger partial charge in [0.2, 0.25) is 5.82 Å². The molecule has 0 aliphatic carbocycles. The second kappa shape index (κ2) is 9.77. The molecule has 0 saturated carbocycles. The number of hydrogen-bond donors (Lipinski definition) is 0. The number of hydrogen-bond acceptors (Lipinski definition) is 8. The lowest BCUT2D eigenvalue weighted by atomic mass is 10.1. The van der Waals surface area contributed by atoms with Crippen molar-refractivity contribution in [3.8, 4) is 0 Å². The molecule has 0 bridgehead atoms. The van der Waals surface area contributed by atoms with Gasteiger partial charge in [0.25, 0.3) is 11.6 Å². The first-order chi connectivity index (χ1) is 16.7. The van der Waals surface area contributed by atoms with Crippen LogP contribution in [0.2, 0.25) is 0 Å². The molecule has 0 aliphatic heterocycles. The maximum atomic E-state index is 14.6. The Bertz CT molecular complexity index is 1460. The van der Waals surface area contributed by atoms with Crippen molar-refractivity contribution in [1.82, 2.24) is 15.0 Å². The number of rotatable bonds is 7. The van der Waals surface area contributed by atoms with Crippen molar-refractivity contribution in [2.24, 2.45) is 0 Å². The standard InChI is InChI=1S/C21H15F4N5O5S/c1-3-14-15(22)7-12(8-17(14)30(32)33)11-29(16-5-4-6-26-18(16)36(2,34)35)19(31)13-9-27-20(28-10-13)21(23,24)25/h3-10H,1,11H2,2H3. The Hall–Kier alpha value is -4.27. The number of sulfone groups is 1. The summed E-state index contributed by atoms with van der Waals surface area (Å²) in [5, 5.41) is 10.8. The number of carbonyl (C=O) groups excluding carboxylic acids is 1. The van der Waals surface area contributed by atoms with Crippen LogP contribution in [-0.2, 0) is 22.6 Å². The second-order valence-electron chi connectivity index (χ2n) is 7.26. The van der Waals surface area contributed by atoms with Crippen LogP contribution in [0.5, 0.6) is 0 Å². The summed E-state index contributed by atoms with van der Waals surface area (Å²) in [5.41, 5.74) is -1.98. The average Bonchev–Trinajstić information content (AvgIpc) is 2.80. The second-order valence-corrected chi connectivity index (χ2v) is 9.19. The van der Waals surface area contributed by atoms with Crippen LogP contribution in [0.1, 0.15) is 27.3 Å². The van der Waals surface area contributed by atoms with E-state index in [9.17, 15) is 40.9 Å². The van der Waals surface area contributed by atoms with Gasteiger partial charge in [-0.2, -0.15) is 13.2 Å². The normalized spacial score (nSPS) is 11.7. The zero-order valence-corrected chi connectivity index (χ0v) is 19.0. The molecule has 0 aliphatic rings. The van der Waals surface area contributed by atoms with Gasteiger partial charge in [0.05, 0.1) is 28.3 Å². The van der Waals surface area contributed by atoms with E-state index < -0.39 is 66.9 Å². The molecule has 0 fully saturated rings. The SMILES string of the molecule is C=Cc1c(F)cc(CN(C(=O)c2cnc(C(F)(F)F)nc2)c2cccnc2S(C)(=O)=O)cc1[N+](=O)[O-]. The van der Waals surface area contributed by atoms with Gasteiger partial charge in [-0.15, -0.1) is 0 Å². The fourth-order valence-corrected chi connectivity index (χ4v) is 3.98. The summed E-state index contributed by atoms with van der Waals surface area (Å²) in [6.45, 7) is 2.70. The minimum Gasteiger partial charge on any atom is -0.301 e. The molecule has 2 aromatic heterocycles. The van der Waals surface area contributed by atoms with Crippen molar-refractivity contribution in [3.63, 3.8) is 0 Å². The van der Waals surface area contributed by atoms with E-state index in [1.54, 1.807) is 0 Å². The highest BCUT2D eigenvalue weighted by Crippen LogP contribution is 2.30. The zero-order chi connectivity index (χ0) is 26.8. The molecular weight excluding hydrogens is 510 g/mol. The van der Waals surface area contributed by atoms with E-state index in [0.717, 1.165) is 35.6 Å². The fraction of sp³-hybridized carbons (Fsp3) is 0.143. The summed E-state index contributed by atoms with van der Waals surface area (Å²) >= 11 is 0. The first-order valence-corrected chi connectivity index (χ1v) is 11.6. The monoisotopic (exact) mass is 525 g/mol. The van der Waals surface area contributed by atoms with Crippen LogP contribution in [-0.4, -0.2) is 40.5 Å². The van der Waals surface area contributed by atoms with Gasteiger partial charge in [0, 0.05) is 30.9 Å². The van der Waals surface area contributed by atoms with E-state index in [0.29, 0.717) is 12.4 Å². The Morgan fingerprint density at radius 2 is 1.86 bits per heavy atom. The maximum absolute atomic E-state index is 14.6. The number of alkyl halides is 3. The number of nitro benzene ring substituents is 1. The summed E-state index contributed by atoms with van der Waals surface area (Å²) in [5.74, 6) is -3.62. The number of pyridine rings is 1. The largest absolute Gasteiger partial charge is 0.451 e. The molecule has 3 rings (SSSR count). The van der Waals surface area contributed by atoms with Gasteiger partial charge in [-0.3, -0.25) is 14.9 Å². The third kappa shape index (κ3) is 5.51. The van der Waals surface area contributed by atoms with E-state index in [4.69, 9.17) is 0 Å². The number of aromatic nitrogens is 3. The summed E-state index contributed by atoms with van der Waals surface area (Å²) in [4.78, 5) is 34.6. The minimum atomic E-state index is -4.88. The molecule has 10 nitrogen and oxygen atoms in total. The van der Waals surface area contributed by atoms with Gasteiger partial charge in [-0.1, -0.05) is 12.7 Å². The third-order valence-electron chi connectivity index (χ3n) is 4.70. The Balaban J connectivity index is 2.18. The quantitative estimate of drug-likeness (QED) is 0.258. The topological polar surface area (TPSA) is 136 Å². The molecule has 15 heteroatoms. The Morgan fingerprint density at radius 1 is 1.22 bits per heavy atom. The van der Waals surface area contributed by atoms with E-state index in [1.807, 2.05) is 0 Å². The van der Waals surface area contributed by atoms with Crippen LogP contribution < -0.4 is 4.90 Å².